The summed E-state index contributed by atoms with van der Waals surface area (Å²) in [6.45, 7) is 1.17. The van der Waals surface area contributed by atoms with Crippen LogP contribution in [0.2, 0.25) is 0 Å². The number of nitrogens with zero attached hydrogens (tertiary/aromatic N) is 4. The molecule has 1 aliphatic rings. The van der Waals surface area contributed by atoms with Gasteiger partial charge in [0.15, 0.2) is 0 Å². The van der Waals surface area contributed by atoms with Gasteiger partial charge in [0.05, 0.1) is 12.4 Å². The summed E-state index contributed by atoms with van der Waals surface area (Å²) in [6, 6.07) is 1.68. The van der Waals surface area contributed by atoms with E-state index in [1.807, 2.05) is 13.8 Å². The molecule has 0 bridgehead atoms. The summed E-state index contributed by atoms with van der Waals surface area (Å²) in [5, 5.41) is 6.52. The van der Waals surface area contributed by atoms with Gasteiger partial charge >= 0.3 is 6.61 Å². The number of H-pyrrole nitrogens is 1. The third-order valence-electron chi connectivity index (χ3n) is 4.11. The van der Waals surface area contributed by atoms with Gasteiger partial charge in [0, 0.05) is 31.0 Å². The summed E-state index contributed by atoms with van der Waals surface area (Å²) in [5.41, 5.74) is 5.61. The summed E-state index contributed by atoms with van der Waals surface area (Å²) in [4.78, 5) is 10.1. The Morgan fingerprint density at radius 1 is 1.24 bits per heavy atom. The Morgan fingerprint density at radius 3 is 2.60 bits per heavy atom. The zero-order valence-corrected chi connectivity index (χ0v) is 13.9. The fourth-order valence-corrected chi connectivity index (χ4v) is 3.26. The lowest BCUT2D eigenvalue weighted by Crippen LogP contribution is -2.50. The standard InChI is InChI=1S/C15H20F2N6O2/c1-8-3-10(24-14-7-19-6-11(18)20-14)4-9(2)23(8)12-5-13(22-21-12)25-15(16)17/h5-10,15H,3-4H2,1-2H3,(H2,18,20)(H,21,22). The molecule has 3 N–H and O–H groups in total. The Balaban J connectivity index is 1.66. The average molecular weight is 354 g/mol. The minimum absolute atomic E-state index is 0.0444. The van der Waals surface area contributed by atoms with E-state index in [9.17, 15) is 8.78 Å². The number of ether oxygens (including phenoxy) is 2. The van der Waals surface area contributed by atoms with Crippen molar-refractivity contribution in [3.63, 3.8) is 0 Å². The van der Waals surface area contributed by atoms with E-state index in [0.717, 1.165) is 12.8 Å². The first-order valence-corrected chi connectivity index (χ1v) is 7.95. The molecule has 1 aliphatic heterocycles. The highest BCUT2D eigenvalue weighted by molar-refractivity contribution is 5.44. The SMILES string of the molecule is CC1CC(Oc2cncc(N)n2)CC(C)N1c1cc(OC(F)F)n[nH]1. The van der Waals surface area contributed by atoms with Crippen LogP contribution in [0.25, 0.3) is 0 Å². The molecule has 10 heteroatoms. The Labute approximate surface area is 143 Å². The van der Waals surface area contributed by atoms with Crippen molar-refractivity contribution in [3.05, 3.63) is 18.5 Å². The first-order valence-electron chi connectivity index (χ1n) is 7.95. The molecule has 1 fully saturated rings. The van der Waals surface area contributed by atoms with Gasteiger partial charge < -0.3 is 20.1 Å². The first-order chi connectivity index (χ1) is 11.9. The van der Waals surface area contributed by atoms with Crippen molar-refractivity contribution in [1.29, 1.82) is 0 Å². The van der Waals surface area contributed by atoms with Crippen molar-refractivity contribution in [2.24, 2.45) is 0 Å². The smallest absolute Gasteiger partial charge is 0.388 e. The van der Waals surface area contributed by atoms with E-state index in [4.69, 9.17) is 10.5 Å². The molecule has 3 heterocycles. The number of halogens is 2. The first kappa shape index (κ1) is 17.2. The summed E-state index contributed by atoms with van der Waals surface area (Å²) in [7, 11) is 0. The lowest BCUT2D eigenvalue weighted by molar-refractivity contribution is -0.0528. The second-order valence-electron chi connectivity index (χ2n) is 6.07. The van der Waals surface area contributed by atoms with E-state index in [1.165, 1.54) is 18.5 Å². The average Bonchev–Trinajstić information content (AvgIpc) is 2.93. The third-order valence-corrected chi connectivity index (χ3v) is 4.11. The number of piperidine rings is 1. The van der Waals surface area contributed by atoms with E-state index in [-0.39, 0.29) is 24.1 Å². The Kier molecular flexibility index (Phi) is 4.86. The van der Waals surface area contributed by atoms with Crippen molar-refractivity contribution < 1.29 is 18.3 Å². The lowest BCUT2D eigenvalue weighted by atomic mass is 9.95. The molecule has 136 valence electrons. The number of nitrogens with one attached hydrogen (secondary N) is 1. The maximum Gasteiger partial charge on any atom is 0.388 e. The minimum Gasteiger partial charge on any atom is -0.473 e. The van der Waals surface area contributed by atoms with Crippen LogP contribution >= 0.6 is 0 Å². The second kappa shape index (κ2) is 7.08. The number of aromatic amines is 1. The van der Waals surface area contributed by atoms with Crippen LogP contribution in [0.3, 0.4) is 0 Å². The number of aromatic nitrogens is 4. The summed E-state index contributed by atoms with van der Waals surface area (Å²) in [5.74, 6) is 1.21. The van der Waals surface area contributed by atoms with Crippen molar-refractivity contribution >= 4 is 11.6 Å². The van der Waals surface area contributed by atoms with Crippen molar-refractivity contribution in [3.8, 4) is 11.8 Å². The van der Waals surface area contributed by atoms with E-state index in [0.29, 0.717) is 17.5 Å². The van der Waals surface area contributed by atoms with Crippen LogP contribution in [0, 0.1) is 0 Å². The molecule has 0 spiro atoms. The molecule has 0 saturated carbocycles. The highest BCUT2D eigenvalue weighted by Crippen LogP contribution is 2.31. The van der Waals surface area contributed by atoms with Gasteiger partial charge in [0.1, 0.15) is 17.7 Å². The molecule has 0 aromatic carbocycles. The van der Waals surface area contributed by atoms with Gasteiger partial charge in [-0.3, -0.25) is 10.1 Å². The fourth-order valence-electron chi connectivity index (χ4n) is 3.26. The number of alkyl halides is 2. The molecular formula is C15H20F2N6O2. The van der Waals surface area contributed by atoms with Crippen molar-refractivity contribution in [2.45, 2.75) is 51.5 Å². The Morgan fingerprint density at radius 2 is 1.96 bits per heavy atom. The molecule has 8 nitrogen and oxygen atoms in total. The Hall–Kier alpha value is -2.65. The molecule has 2 atom stereocenters. The van der Waals surface area contributed by atoms with Crippen LogP contribution in [0.5, 0.6) is 11.8 Å². The van der Waals surface area contributed by atoms with E-state index in [2.05, 4.69) is 29.8 Å². The third kappa shape index (κ3) is 4.06. The quantitative estimate of drug-likeness (QED) is 0.848. The zero-order valence-electron chi connectivity index (χ0n) is 13.9. The maximum atomic E-state index is 12.3. The Bertz CT molecular complexity index is 701. The van der Waals surface area contributed by atoms with Gasteiger partial charge in [-0.15, -0.1) is 5.10 Å². The molecule has 3 rings (SSSR count). The van der Waals surface area contributed by atoms with E-state index >= 15 is 0 Å². The van der Waals surface area contributed by atoms with Gasteiger partial charge in [-0.1, -0.05) is 0 Å². The largest absolute Gasteiger partial charge is 0.473 e. The van der Waals surface area contributed by atoms with E-state index < -0.39 is 6.61 Å². The number of hydrogen-bond acceptors (Lipinski definition) is 7. The molecule has 2 aromatic rings. The molecule has 0 amide bonds. The highest BCUT2D eigenvalue weighted by Gasteiger charge is 2.33. The topological polar surface area (TPSA) is 102 Å². The number of anilines is 2. The number of nitrogens with two attached hydrogens (primary N) is 1. The lowest BCUT2D eigenvalue weighted by Gasteiger charge is -2.42. The predicted octanol–water partition coefficient (Wildman–Crippen LogP) is 2.21. The van der Waals surface area contributed by atoms with Crippen molar-refractivity contribution in [1.82, 2.24) is 20.2 Å². The van der Waals surface area contributed by atoms with Crippen LogP contribution < -0.4 is 20.1 Å². The monoisotopic (exact) mass is 354 g/mol. The molecule has 25 heavy (non-hydrogen) atoms. The van der Waals surface area contributed by atoms with Gasteiger partial charge in [0.2, 0.25) is 11.8 Å². The van der Waals surface area contributed by atoms with Crippen LogP contribution in [-0.2, 0) is 0 Å². The highest BCUT2D eigenvalue weighted by atomic mass is 19.3. The zero-order chi connectivity index (χ0) is 18.0. The number of rotatable bonds is 5. The summed E-state index contributed by atoms with van der Waals surface area (Å²) < 4.78 is 34.8. The predicted molar refractivity (Wildman–Crippen MR) is 86.7 cm³/mol. The fraction of sp³-hybridized carbons (Fsp3) is 0.533. The number of nitrogen functional groups attached to an aromatic ring is 1. The molecule has 0 radical (unpaired) electrons. The normalized spacial score (nSPS) is 23.7. The number of hydrogen-bond donors (Lipinski definition) is 2. The summed E-state index contributed by atoms with van der Waals surface area (Å²) in [6.07, 6.45) is 4.39. The summed E-state index contributed by atoms with van der Waals surface area (Å²) >= 11 is 0. The molecule has 2 aromatic heterocycles. The van der Waals surface area contributed by atoms with Crippen LogP contribution in [-0.4, -0.2) is 45.0 Å². The van der Waals surface area contributed by atoms with Crippen LogP contribution in [0.4, 0.5) is 20.4 Å². The molecule has 1 saturated heterocycles. The van der Waals surface area contributed by atoms with Crippen LogP contribution in [0.15, 0.2) is 18.5 Å². The van der Waals surface area contributed by atoms with Gasteiger partial charge in [-0.25, -0.2) is 0 Å². The van der Waals surface area contributed by atoms with E-state index in [1.54, 1.807) is 0 Å². The minimum atomic E-state index is -2.90. The van der Waals surface area contributed by atoms with Gasteiger partial charge in [-0.2, -0.15) is 13.8 Å². The van der Waals surface area contributed by atoms with Crippen molar-refractivity contribution in [2.75, 3.05) is 10.6 Å². The second-order valence-corrected chi connectivity index (χ2v) is 6.07. The van der Waals surface area contributed by atoms with Gasteiger partial charge in [-0.05, 0) is 13.8 Å². The molecule has 0 aliphatic carbocycles. The van der Waals surface area contributed by atoms with Crippen LogP contribution in [0.1, 0.15) is 26.7 Å². The molecule has 2 unspecified atom stereocenters. The maximum absolute atomic E-state index is 12.3. The van der Waals surface area contributed by atoms with Gasteiger partial charge in [0.25, 0.3) is 0 Å². The molecular weight excluding hydrogens is 334 g/mol.